The van der Waals surface area contributed by atoms with Crippen LogP contribution in [0.25, 0.3) is 10.4 Å². The molecule has 0 saturated carbocycles. The molecule has 1 amide bonds. The Morgan fingerprint density at radius 1 is 1.73 bits per heavy atom. The van der Waals surface area contributed by atoms with Crippen LogP contribution < -0.4 is 0 Å². The van der Waals surface area contributed by atoms with Gasteiger partial charge in [-0.3, -0.25) is 0 Å². The first-order valence-corrected chi connectivity index (χ1v) is 4.69. The average molecular weight is 214 g/mol. The van der Waals surface area contributed by atoms with Gasteiger partial charge in [-0.15, -0.1) is 0 Å². The van der Waals surface area contributed by atoms with Crippen molar-refractivity contribution in [3.8, 4) is 0 Å². The van der Waals surface area contributed by atoms with Crippen molar-refractivity contribution in [1.29, 1.82) is 0 Å². The quantitative estimate of drug-likeness (QED) is 0.388. The van der Waals surface area contributed by atoms with E-state index in [4.69, 9.17) is 10.6 Å². The topological polar surface area (TPSA) is 110 Å². The molecule has 0 aromatic heterocycles. The molecule has 1 aliphatic heterocycles. The number of carboxylic acid groups (broad SMARTS) is 1. The number of carbonyl (C=O) groups is 1. The minimum atomic E-state index is -1.13. The molecule has 1 saturated heterocycles. The summed E-state index contributed by atoms with van der Waals surface area (Å²) in [6.07, 6.45) is -0.315. The molecule has 15 heavy (non-hydrogen) atoms. The lowest BCUT2D eigenvalue weighted by Crippen LogP contribution is -2.42. The molecule has 1 aliphatic rings. The monoisotopic (exact) mass is 214 g/mol. The van der Waals surface area contributed by atoms with Crippen LogP contribution in [-0.4, -0.2) is 45.9 Å². The average Bonchev–Trinajstić information content (AvgIpc) is 2.24. The number of aliphatic hydroxyl groups is 1. The highest BCUT2D eigenvalue weighted by molar-refractivity contribution is 5.65. The summed E-state index contributed by atoms with van der Waals surface area (Å²) in [6.45, 7) is 1.89. The third-order valence-corrected chi connectivity index (χ3v) is 2.42. The van der Waals surface area contributed by atoms with Gasteiger partial charge in [0.05, 0.1) is 12.1 Å². The fourth-order valence-corrected chi connectivity index (χ4v) is 1.80. The Balaban J connectivity index is 2.77. The summed E-state index contributed by atoms with van der Waals surface area (Å²) in [7, 11) is 0. The van der Waals surface area contributed by atoms with Crippen LogP contribution in [0.5, 0.6) is 0 Å². The first kappa shape index (κ1) is 11.6. The van der Waals surface area contributed by atoms with E-state index < -0.39 is 11.7 Å². The van der Waals surface area contributed by atoms with Crippen molar-refractivity contribution < 1.29 is 15.0 Å². The summed E-state index contributed by atoms with van der Waals surface area (Å²) < 4.78 is 0. The Bertz CT molecular complexity index is 284. The van der Waals surface area contributed by atoms with E-state index in [1.807, 2.05) is 0 Å². The smallest absolute Gasteiger partial charge is 0.407 e. The maximum Gasteiger partial charge on any atom is 0.407 e. The molecule has 7 heteroatoms. The van der Waals surface area contributed by atoms with Crippen LogP contribution in [0.15, 0.2) is 5.11 Å². The number of rotatable bonds is 1. The minimum Gasteiger partial charge on any atom is -0.465 e. The zero-order valence-electron chi connectivity index (χ0n) is 8.50. The van der Waals surface area contributed by atoms with Gasteiger partial charge in [-0.2, -0.15) is 0 Å². The lowest BCUT2D eigenvalue weighted by Gasteiger charge is -2.26. The lowest BCUT2D eigenvalue weighted by atomic mass is 9.97. The molecule has 0 aliphatic carbocycles. The van der Waals surface area contributed by atoms with E-state index in [1.165, 1.54) is 0 Å². The summed E-state index contributed by atoms with van der Waals surface area (Å²) >= 11 is 0. The van der Waals surface area contributed by atoms with Gasteiger partial charge in [-0.1, -0.05) is 5.11 Å². The van der Waals surface area contributed by atoms with Gasteiger partial charge in [0.2, 0.25) is 0 Å². The highest BCUT2D eigenvalue weighted by Crippen LogP contribution is 2.22. The van der Waals surface area contributed by atoms with Crippen LogP contribution in [0.3, 0.4) is 0 Å². The molecule has 1 fully saturated rings. The molecule has 84 valence electrons. The third-order valence-electron chi connectivity index (χ3n) is 2.42. The van der Waals surface area contributed by atoms with E-state index in [1.54, 1.807) is 6.92 Å². The molecule has 0 radical (unpaired) electrons. The number of likely N-dealkylation sites (tertiary alicyclic amines) is 1. The molecule has 2 unspecified atom stereocenters. The van der Waals surface area contributed by atoms with Crippen molar-refractivity contribution in [2.24, 2.45) is 5.11 Å². The molecule has 0 spiro atoms. The molecule has 7 nitrogen and oxygen atoms in total. The second-order valence-electron chi connectivity index (χ2n) is 4.05. The Hall–Kier alpha value is -1.46. The van der Waals surface area contributed by atoms with Gasteiger partial charge < -0.3 is 15.1 Å². The molecule has 0 aromatic rings. The van der Waals surface area contributed by atoms with Crippen molar-refractivity contribution >= 4 is 6.09 Å². The molecule has 0 bridgehead atoms. The Kier molecular flexibility index (Phi) is 3.39. The number of amides is 1. The van der Waals surface area contributed by atoms with E-state index in [0.29, 0.717) is 12.8 Å². The van der Waals surface area contributed by atoms with E-state index in [2.05, 4.69) is 10.0 Å². The summed E-state index contributed by atoms with van der Waals surface area (Å²) in [5, 5.41) is 22.2. The van der Waals surface area contributed by atoms with Gasteiger partial charge in [0.15, 0.2) is 0 Å². The number of azide groups is 1. The fourth-order valence-electron chi connectivity index (χ4n) is 1.80. The Labute approximate surface area is 86.9 Å². The summed E-state index contributed by atoms with van der Waals surface area (Å²) in [6, 6.07) is -0.339. The zero-order chi connectivity index (χ0) is 11.5. The van der Waals surface area contributed by atoms with Crippen LogP contribution >= 0.6 is 0 Å². The SMILES string of the molecule is CC1(O)CC(N=[N+]=[N-])CCN(C(=O)O)C1. The third kappa shape index (κ3) is 3.30. The van der Waals surface area contributed by atoms with Gasteiger partial charge in [-0.05, 0) is 25.3 Å². The first-order valence-electron chi connectivity index (χ1n) is 4.69. The molecular formula is C8H14N4O3. The van der Waals surface area contributed by atoms with Crippen molar-refractivity contribution in [2.45, 2.75) is 31.4 Å². The molecule has 2 atom stereocenters. The fraction of sp³-hybridized carbons (Fsp3) is 0.875. The highest BCUT2D eigenvalue weighted by atomic mass is 16.4. The van der Waals surface area contributed by atoms with Crippen LogP contribution in [0.2, 0.25) is 0 Å². The predicted molar refractivity (Wildman–Crippen MR) is 52.4 cm³/mol. The minimum absolute atomic E-state index is 0.0553. The number of nitrogens with zero attached hydrogens (tertiary/aromatic N) is 4. The van der Waals surface area contributed by atoms with E-state index >= 15 is 0 Å². The maximum atomic E-state index is 10.8. The molecule has 1 heterocycles. The largest absolute Gasteiger partial charge is 0.465 e. The van der Waals surface area contributed by atoms with Gasteiger partial charge in [0.25, 0.3) is 0 Å². The van der Waals surface area contributed by atoms with Crippen molar-refractivity contribution in [1.82, 2.24) is 4.90 Å². The van der Waals surface area contributed by atoms with Gasteiger partial charge in [-0.25, -0.2) is 4.79 Å². The van der Waals surface area contributed by atoms with Crippen LogP contribution in [0.1, 0.15) is 19.8 Å². The van der Waals surface area contributed by atoms with E-state index in [-0.39, 0.29) is 19.1 Å². The predicted octanol–water partition coefficient (Wildman–Crippen LogP) is 1.19. The van der Waals surface area contributed by atoms with Gasteiger partial charge in [0.1, 0.15) is 0 Å². The number of hydrogen-bond donors (Lipinski definition) is 2. The second-order valence-corrected chi connectivity index (χ2v) is 4.05. The van der Waals surface area contributed by atoms with Crippen molar-refractivity contribution in [2.75, 3.05) is 13.1 Å². The van der Waals surface area contributed by atoms with Crippen molar-refractivity contribution in [3.05, 3.63) is 10.4 Å². The number of β-amino-alcohol motifs (C(OH)–C–C–N with tert-alkyl or cyclic N) is 1. The Morgan fingerprint density at radius 2 is 2.40 bits per heavy atom. The van der Waals surface area contributed by atoms with Crippen LogP contribution in [-0.2, 0) is 0 Å². The van der Waals surface area contributed by atoms with Crippen LogP contribution in [0, 0.1) is 0 Å². The lowest BCUT2D eigenvalue weighted by molar-refractivity contribution is 0.0229. The Morgan fingerprint density at radius 3 is 2.93 bits per heavy atom. The first-order chi connectivity index (χ1) is 6.94. The maximum absolute atomic E-state index is 10.8. The summed E-state index contributed by atoms with van der Waals surface area (Å²) in [5.41, 5.74) is 7.17. The van der Waals surface area contributed by atoms with E-state index in [0.717, 1.165) is 4.90 Å². The molecule has 0 aromatic carbocycles. The highest BCUT2D eigenvalue weighted by Gasteiger charge is 2.33. The summed E-state index contributed by atoms with van der Waals surface area (Å²) in [4.78, 5) is 14.6. The number of hydrogen-bond acceptors (Lipinski definition) is 3. The zero-order valence-corrected chi connectivity index (χ0v) is 8.50. The van der Waals surface area contributed by atoms with E-state index in [9.17, 15) is 9.90 Å². The molecular weight excluding hydrogens is 200 g/mol. The molecule has 2 N–H and O–H groups in total. The van der Waals surface area contributed by atoms with Gasteiger partial charge in [0, 0.05) is 17.5 Å². The summed E-state index contributed by atoms with van der Waals surface area (Å²) in [5.74, 6) is 0. The normalized spacial score (nSPS) is 31.6. The van der Waals surface area contributed by atoms with Gasteiger partial charge >= 0.3 is 6.09 Å². The second kappa shape index (κ2) is 4.37. The van der Waals surface area contributed by atoms with Crippen molar-refractivity contribution in [3.63, 3.8) is 0 Å². The standard InChI is InChI=1S/C8H14N4O3/c1-8(15)4-6(10-11-9)2-3-12(5-8)7(13)14/h6,15H,2-5H2,1H3,(H,13,14). The molecule has 1 rings (SSSR count). The van der Waals surface area contributed by atoms with Crippen LogP contribution in [0.4, 0.5) is 4.79 Å².